The number of aromatic nitrogens is 2. The van der Waals surface area contributed by atoms with Crippen molar-refractivity contribution in [2.24, 2.45) is 0 Å². The number of carbonyl (C=O) groups is 1. The second kappa shape index (κ2) is 6.16. The minimum atomic E-state index is -0.785. The normalized spacial score (nSPS) is 10.8. The molecule has 0 saturated heterocycles. The van der Waals surface area contributed by atoms with Gasteiger partial charge >= 0.3 is 5.97 Å². The second-order valence-corrected chi connectivity index (χ2v) is 5.42. The highest BCUT2D eigenvalue weighted by Gasteiger charge is 2.15. The number of hydrogen-bond acceptors (Lipinski definition) is 5. The molecule has 0 aliphatic heterocycles. The first-order valence-corrected chi connectivity index (χ1v) is 7.12. The van der Waals surface area contributed by atoms with Crippen molar-refractivity contribution in [2.45, 2.75) is 32.6 Å². The van der Waals surface area contributed by atoms with Crippen molar-refractivity contribution >= 4 is 28.9 Å². The Bertz CT molecular complexity index is 579. The Morgan fingerprint density at radius 2 is 2.26 bits per heavy atom. The molecule has 0 aliphatic carbocycles. The molecule has 0 radical (unpaired) electrons. The standard InChI is InChI=1S/C12H13ClN2O3S/c1-7-6-19-11(10(7)13)12-15-14-8(18-12)4-2-3-5-9(16)17/h6H,2-5H2,1H3,(H,16,17). The van der Waals surface area contributed by atoms with Gasteiger partial charge in [-0.25, -0.2) is 0 Å². The van der Waals surface area contributed by atoms with E-state index in [4.69, 9.17) is 21.1 Å². The SMILES string of the molecule is Cc1csc(-c2nnc(CCCCC(=O)O)o2)c1Cl. The zero-order valence-electron chi connectivity index (χ0n) is 10.4. The van der Waals surface area contributed by atoms with Crippen LogP contribution in [0, 0.1) is 6.92 Å². The molecule has 102 valence electrons. The molecule has 19 heavy (non-hydrogen) atoms. The number of unbranched alkanes of at least 4 members (excludes halogenated alkanes) is 1. The molecular weight excluding hydrogens is 288 g/mol. The molecule has 2 heterocycles. The predicted octanol–water partition coefficient (Wildman–Crippen LogP) is 3.56. The molecule has 2 rings (SSSR count). The van der Waals surface area contributed by atoms with Crippen molar-refractivity contribution in [3.63, 3.8) is 0 Å². The third-order valence-electron chi connectivity index (χ3n) is 2.59. The summed E-state index contributed by atoms with van der Waals surface area (Å²) in [5.41, 5.74) is 0.989. The van der Waals surface area contributed by atoms with E-state index in [2.05, 4.69) is 10.2 Å². The van der Waals surface area contributed by atoms with Crippen LogP contribution < -0.4 is 0 Å². The van der Waals surface area contributed by atoms with Crippen LogP contribution in [0.4, 0.5) is 0 Å². The van der Waals surface area contributed by atoms with Gasteiger partial charge in [0.1, 0.15) is 4.88 Å². The summed E-state index contributed by atoms with van der Waals surface area (Å²) < 4.78 is 5.53. The predicted molar refractivity (Wildman–Crippen MR) is 72.5 cm³/mol. The Morgan fingerprint density at radius 3 is 2.89 bits per heavy atom. The summed E-state index contributed by atoms with van der Waals surface area (Å²) >= 11 is 7.60. The number of rotatable bonds is 6. The molecule has 7 heteroatoms. The summed E-state index contributed by atoms with van der Waals surface area (Å²) in [4.78, 5) is 11.2. The highest BCUT2D eigenvalue weighted by atomic mass is 35.5. The van der Waals surface area contributed by atoms with Gasteiger partial charge in [0.05, 0.1) is 5.02 Å². The quantitative estimate of drug-likeness (QED) is 0.825. The first-order chi connectivity index (χ1) is 9.08. The Balaban J connectivity index is 1.96. The van der Waals surface area contributed by atoms with Gasteiger partial charge < -0.3 is 9.52 Å². The summed E-state index contributed by atoms with van der Waals surface area (Å²) in [6.07, 6.45) is 2.07. The smallest absolute Gasteiger partial charge is 0.303 e. The summed E-state index contributed by atoms with van der Waals surface area (Å²) in [6, 6.07) is 0. The van der Waals surface area contributed by atoms with Crippen LogP contribution in [0.3, 0.4) is 0 Å². The zero-order valence-corrected chi connectivity index (χ0v) is 11.9. The van der Waals surface area contributed by atoms with Crippen molar-refractivity contribution in [3.05, 3.63) is 21.9 Å². The van der Waals surface area contributed by atoms with Crippen LogP contribution in [0.15, 0.2) is 9.80 Å². The van der Waals surface area contributed by atoms with Crippen LogP contribution in [0.2, 0.25) is 5.02 Å². The zero-order chi connectivity index (χ0) is 13.8. The number of hydrogen-bond donors (Lipinski definition) is 1. The lowest BCUT2D eigenvalue weighted by atomic mass is 10.2. The maximum atomic E-state index is 10.4. The first-order valence-electron chi connectivity index (χ1n) is 5.86. The van der Waals surface area contributed by atoms with Crippen LogP contribution in [-0.2, 0) is 11.2 Å². The van der Waals surface area contributed by atoms with Crippen molar-refractivity contribution in [1.82, 2.24) is 10.2 Å². The molecule has 5 nitrogen and oxygen atoms in total. The van der Waals surface area contributed by atoms with E-state index < -0.39 is 5.97 Å². The van der Waals surface area contributed by atoms with Gasteiger partial charge in [-0.1, -0.05) is 11.6 Å². The molecule has 0 spiro atoms. The third-order valence-corrected chi connectivity index (χ3v) is 4.28. The summed E-state index contributed by atoms with van der Waals surface area (Å²) in [5, 5.41) is 19.0. The minimum absolute atomic E-state index is 0.164. The second-order valence-electron chi connectivity index (χ2n) is 4.16. The van der Waals surface area contributed by atoms with Crippen LogP contribution in [0.25, 0.3) is 10.8 Å². The summed E-state index contributed by atoms with van der Waals surface area (Å²) in [5.74, 6) is 0.158. The number of thiophene rings is 1. The molecule has 0 saturated carbocycles. The van der Waals surface area contributed by atoms with Crippen LogP contribution in [0.1, 0.15) is 30.7 Å². The summed E-state index contributed by atoms with van der Waals surface area (Å²) in [6.45, 7) is 1.92. The number of carboxylic acid groups (broad SMARTS) is 1. The van der Waals surface area contributed by atoms with Gasteiger partial charge in [0, 0.05) is 12.8 Å². The molecule has 0 unspecified atom stereocenters. The lowest BCUT2D eigenvalue weighted by Crippen LogP contribution is -1.95. The Labute approximate surface area is 119 Å². The van der Waals surface area contributed by atoms with Gasteiger partial charge in [0.25, 0.3) is 5.89 Å². The van der Waals surface area contributed by atoms with Gasteiger partial charge in [-0.2, -0.15) is 0 Å². The van der Waals surface area contributed by atoms with Gasteiger partial charge in [0.15, 0.2) is 0 Å². The van der Waals surface area contributed by atoms with E-state index in [0.29, 0.717) is 36.1 Å². The number of carboxylic acids is 1. The Morgan fingerprint density at radius 1 is 1.47 bits per heavy atom. The maximum Gasteiger partial charge on any atom is 0.303 e. The van der Waals surface area contributed by atoms with E-state index in [0.717, 1.165) is 10.4 Å². The Hall–Kier alpha value is -1.40. The molecule has 0 amide bonds. The topological polar surface area (TPSA) is 76.2 Å². The van der Waals surface area contributed by atoms with Crippen LogP contribution in [-0.4, -0.2) is 21.3 Å². The highest BCUT2D eigenvalue weighted by molar-refractivity contribution is 7.14. The monoisotopic (exact) mass is 300 g/mol. The van der Waals surface area contributed by atoms with Gasteiger partial charge in [0.2, 0.25) is 5.89 Å². The number of nitrogens with zero attached hydrogens (tertiary/aromatic N) is 2. The molecular formula is C12H13ClN2O3S. The van der Waals surface area contributed by atoms with Crippen molar-refractivity contribution in [2.75, 3.05) is 0 Å². The van der Waals surface area contributed by atoms with E-state index in [1.807, 2.05) is 12.3 Å². The fourth-order valence-corrected chi connectivity index (χ4v) is 2.77. The molecule has 0 fully saturated rings. The van der Waals surface area contributed by atoms with E-state index >= 15 is 0 Å². The van der Waals surface area contributed by atoms with E-state index in [1.165, 1.54) is 11.3 Å². The molecule has 0 atom stereocenters. The number of halogens is 1. The molecule has 0 aromatic carbocycles. The average molecular weight is 301 g/mol. The minimum Gasteiger partial charge on any atom is -0.481 e. The van der Waals surface area contributed by atoms with Gasteiger partial charge in [-0.05, 0) is 30.7 Å². The van der Waals surface area contributed by atoms with Gasteiger partial charge in [-0.15, -0.1) is 21.5 Å². The Kier molecular flexibility index (Phi) is 4.55. The first kappa shape index (κ1) is 14.0. The molecule has 1 N–H and O–H groups in total. The molecule has 0 bridgehead atoms. The van der Waals surface area contributed by atoms with Crippen molar-refractivity contribution in [1.29, 1.82) is 0 Å². The highest BCUT2D eigenvalue weighted by Crippen LogP contribution is 2.35. The van der Waals surface area contributed by atoms with Crippen LogP contribution in [0.5, 0.6) is 0 Å². The maximum absolute atomic E-state index is 10.4. The third kappa shape index (κ3) is 3.54. The van der Waals surface area contributed by atoms with Crippen molar-refractivity contribution < 1.29 is 14.3 Å². The number of aryl methyl sites for hydroxylation is 2. The lowest BCUT2D eigenvalue weighted by Gasteiger charge is -1.94. The fourth-order valence-electron chi connectivity index (χ4n) is 1.57. The van der Waals surface area contributed by atoms with E-state index in [-0.39, 0.29) is 6.42 Å². The van der Waals surface area contributed by atoms with Crippen molar-refractivity contribution in [3.8, 4) is 10.8 Å². The number of aliphatic carboxylic acids is 1. The van der Waals surface area contributed by atoms with Gasteiger partial charge in [-0.3, -0.25) is 4.79 Å². The lowest BCUT2D eigenvalue weighted by molar-refractivity contribution is -0.137. The molecule has 0 aliphatic rings. The largest absolute Gasteiger partial charge is 0.481 e. The van der Waals surface area contributed by atoms with Crippen LogP contribution >= 0.6 is 22.9 Å². The average Bonchev–Trinajstić information content (AvgIpc) is 2.94. The molecule has 2 aromatic rings. The molecule has 2 aromatic heterocycles. The van der Waals surface area contributed by atoms with E-state index in [1.54, 1.807) is 0 Å². The fraction of sp³-hybridized carbons (Fsp3) is 0.417. The van der Waals surface area contributed by atoms with E-state index in [9.17, 15) is 4.79 Å². The summed E-state index contributed by atoms with van der Waals surface area (Å²) in [7, 11) is 0.